The van der Waals surface area contributed by atoms with Gasteiger partial charge in [-0.1, -0.05) is 6.07 Å². The molecule has 0 spiro atoms. The number of amides is 2. The van der Waals surface area contributed by atoms with Gasteiger partial charge in [0.25, 0.3) is 0 Å². The van der Waals surface area contributed by atoms with E-state index < -0.39 is 36.7 Å². The Hall–Kier alpha value is -2.03. The number of carbonyl (C=O) groups is 1. The van der Waals surface area contributed by atoms with E-state index in [1.807, 2.05) is 0 Å². The van der Waals surface area contributed by atoms with Crippen LogP contribution in [0, 0.1) is 5.82 Å². The maximum absolute atomic E-state index is 13.3. The Morgan fingerprint density at radius 1 is 1.43 bits per heavy atom. The number of hydrogen-bond donors (Lipinski definition) is 2. The molecule has 0 aliphatic heterocycles. The third kappa shape index (κ3) is 5.27. The average molecular weight is 338 g/mol. The van der Waals surface area contributed by atoms with Gasteiger partial charge in [-0.05, 0) is 24.6 Å². The van der Waals surface area contributed by atoms with Crippen molar-refractivity contribution in [2.75, 3.05) is 20.7 Å². The number of rotatable bonds is 5. The predicted octanol–water partition coefficient (Wildman–Crippen LogP) is 2.46. The zero-order chi connectivity index (χ0) is 17.8. The molecule has 0 saturated carbocycles. The van der Waals surface area contributed by atoms with Gasteiger partial charge in [0.1, 0.15) is 0 Å². The smallest absolute Gasteiger partial charge is 0.416 e. The van der Waals surface area contributed by atoms with E-state index in [1.54, 1.807) is 6.92 Å². The van der Waals surface area contributed by atoms with Crippen LogP contribution in [0.15, 0.2) is 18.2 Å². The summed E-state index contributed by atoms with van der Waals surface area (Å²) in [5.74, 6) is -0.579. The van der Waals surface area contributed by atoms with Crippen LogP contribution in [-0.4, -0.2) is 49.0 Å². The van der Waals surface area contributed by atoms with Crippen molar-refractivity contribution in [1.29, 1.82) is 0 Å². The monoisotopic (exact) mass is 338 g/mol. The summed E-state index contributed by atoms with van der Waals surface area (Å²) in [6.45, 7) is 0.688. The van der Waals surface area contributed by atoms with E-state index >= 15 is 0 Å². The summed E-state index contributed by atoms with van der Waals surface area (Å²) in [6.07, 6.45) is -7.43. The van der Waals surface area contributed by atoms with Crippen LogP contribution in [0.25, 0.3) is 0 Å². The van der Waals surface area contributed by atoms with Crippen molar-refractivity contribution in [2.45, 2.75) is 25.2 Å². The highest BCUT2D eigenvalue weighted by Crippen LogP contribution is 2.23. The second-order valence-electron chi connectivity index (χ2n) is 5.00. The van der Waals surface area contributed by atoms with E-state index in [-0.39, 0.29) is 5.75 Å². The fraction of sp³-hybridized carbons (Fsp3) is 0.500. The Morgan fingerprint density at radius 3 is 2.57 bits per heavy atom. The zero-order valence-electron chi connectivity index (χ0n) is 12.8. The third-order valence-electron chi connectivity index (χ3n) is 3.19. The minimum Gasteiger partial charge on any atom is -0.494 e. The summed E-state index contributed by atoms with van der Waals surface area (Å²) in [4.78, 5) is 12.6. The lowest BCUT2D eigenvalue weighted by molar-refractivity contribution is -0.205. The first-order chi connectivity index (χ1) is 10.6. The van der Waals surface area contributed by atoms with Crippen molar-refractivity contribution < 1.29 is 32.2 Å². The molecule has 0 heterocycles. The molecule has 2 atom stereocenters. The lowest BCUT2D eigenvalue weighted by Crippen LogP contribution is -2.46. The molecule has 0 radical (unpaired) electrons. The summed E-state index contributed by atoms with van der Waals surface area (Å²) >= 11 is 0. The van der Waals surface area contributed by atoms with Gasteiger partial charge in [0.05, 0.1) is 19.7 Å². The fourth-order valence-electron chi connectivity index (χ4n) is 1.77. The average Bonchev–Trinajstić information content (AvgIpc) is 2.46. The number of carbonyl (C=O) groups excluding carboxylic acids is 1. The van der Waals surface area contributed by atoms with E-state index in [9.17, 15) is 22.4 Å². The van der Waals surface area contributed by atoms with Gasteiger partial charge in [0.2, 0.25) is 0 Å². The normalized spacial score (nSPS) is 14.1. The molecule has 5 nitrogen and oxygen atoms in total. The first-order valence-electron chi connectivity index (χ1n) is 6.66. The number of nitrogens with zero attached hydrogens (tertiary/aromatic N) is 1. The molecule has 2 N–H and O–H groups in total. The van der Waals surface area contributed by atoms with Crippen molar-refractivity contribution in [2.24, 2.45) is 0 Å². The highest BCUT2D eigenvalue weighted by Gasteiger charge is 2.39. The molecule has 130 valence electrons. The van der Waals surface area contributed by atoms with Gasteiger partial charge in [0, 0.05) is 7.05 Å². The third-order valence-corrected chi connectivity index (χ3v) is 3.19. The summed E-state index contributed by atoms with van der Waals surface area (Å²) in [5.41, 5.74) is 0.515. The van der Waals surface area contributed by atoms with Gasteiger partial charge >= 0.3 is 12.2 Å². The Labute approximate surface area is 130 Å². The highest BCUT2D eigenvalue weighted by atomic mass is 19.4. The Kier molecular flexibility index (Phi) is 6.20. The maximum Gasteiger partial charge on any atom is 0.416 e. The minimum atomic E-state index is -4.80. The molecule has 0 aliphatic rings. The lowest BCUT2D eigenvalue weighted by atomic mass is 10.1. The number of alkyl halides is 3. The van der Waals surface area contributed by atoms with Gasteiger partial charge in [-0.3, -0.25) is 0 Å². The van der Waals surface area contributed by atoms with Crippen molar-refractivity contribution in [1.82, 2.24) is 10.2 Å². The number of ether oxygens (including phenoxy) is 1. The minimum absolute atomic E-state index is 0.00977. The number of halogens is 4. The number of methoxy groups -OCH3 is 1. The molecule has 0 bridgehead atoms. The molecule has 0 unspecified atom stereocenters. The number of hydrogen-bond acceptors (Lipinski definition) is 3. The summed E-state index contributed by atoms with van der Waals surface area (Å²) in [6, 6.07) is 2.57. The van der Waals surface area contributed by atoms with Gasteiger partial charge in [-0.2, -0.15) is 13.2 Å². The maximum atomic E-state index is 13.3. The SMILES string of the molecule is COc1cc([C@@H](C)NC(=O)N(C)C[C@@H](O)C(F)(F)F)ccc1F. The molecule has 1 rings (SSSR count). The Bertz CT molecular complexity index is 551. The second kappa shape index (κ2) is 7.49. The van der Waals surface area contributed by atoms with Crippen LogP contribution in [0.4, 0.5) is 22.4 Å². The number of aliphatic hydroxyl groups excluding tert-OH is 1. The Balaban J connectivity index is 2.69. The van der Waals surface area contributed by atoms with Crippen molar-refractivity contribution in [3.8, 4) is 5.75 Å². The topological polar surface area (TPSA) is 61.8 Å². The zero-order valence-corrected chi connectivity index (χ0v) is 12.8. The van der Waals surface area contributed by atoms with Crippen LogP contribution in [0.3, 0.4) is 0 Å². The molecule has 23 heavy (non-hydrogen) atoms. The number of likely N-dealkylation sites (N-methyl/N-ethyl adjacent to an activating group) is 1. The standard InChI is InChI=1S/C14H18F4N2O3/c1-8(9-4-5-10(15)11(6-9)23-3)19-13(22)20(2)7-12(21)14(16,17)18/h4-6,8,12,21H,7H2,1-3H3,(H,19,22)/t8-,12-/m1/s1. The largest absolute Gasteiger partial charge is 0.494 e. The van der Waals surface area contributed by atoms with Crippen LogP contribution >= 0.6 is 0 Å². The van der Waals surface area contributed by atoms with Gasteiger partial charge < -0.3 is 20.1 Å². The van der Waals surface area contributed by atoms with Gasteiger partial charge in [-0.25, -0.2) is 9.18 Å². The van der Waals surface area contributed by atoms with Crippen LogP contribution in [0.2, 0.25) is 0 Å². The highest BCUT2D eigenvalue weighted by molar-refractivity contribution is 5.74. The van der Waals surface area contributed by atoms with Crippen LogP contribution in [0.1, 0.15) is 18.5 Å². The number of nitrogens with one attached hydrogen (secondary N) is 1. The Morgan fingerprint density at radius 2 is 2.04 bits per heavy atom. The molecule has 9 heteroatoms. The molecule has 0 saturated heterocycles. The fourth-order valence-corrected chi connectivity index (χ4v) is 1.77. The number of aliphatic hydroxyl groups is 1. The first-order valence-corrected chi connectivity index (χ1v) is 6.66. The van der Waals surface area contributed by atoms with E-state index in [2.05, 4.69) is 5.32 Å². The molecule has 0 fully saturated rings. The summed E-state index contributed by atoms with van der Waals surface area (Å²) in [7, 11) is 2.42. The van der Waals surface area contributed by atoms with Crippen LogP contribution < -0.4 is 10.1 Å². The predicted molar refractivity (Wildman–Crippen MR) is 74.6 cm³/mol. The molecular formula is C14H18F4N2O3. The van der Waals surface area contributed by atoms with E-state index in [0.29, 0.717) is 5.56 Å². The van der Waals surface area contributed by atoms with Gasteiger partial charge in [-0.15, -0.1) is 0 Å². The van der Waals surface area contributed by atoms with E-state index in [4.69, 9.17) is 9.84 Å². The second-order valence-corrected chi connectivity index (χ2v) is 5.00. The quantitative estimate of drug-likeness (QED) is 0.811. The van der Waals surface area contributed by atoms with Gasteiger partial charge in [0.15, 0.2) is 17.7 Å². The molecule has 2 amide bonds. The lowest BCUT2D eigenvalue weighted by Gasteiger charge is -2.24. The molecule has 0 aliphatic carbocycles. The molecule has 0 aromatic heterocycles. The molecule has 1 aromatic carbocycles. The molecular weight excluding hydrogens is 320 g/mol. The number of urea groups is 1. The first kappa shape index (κ1) is 19.0. The van der Waals surface area contributed by atoms with E-state index in [0.717, 1.165) is 18.0 Å². The van der Waals surface area contributed by atoms with Crippen LogP contribution in [-0.2, 0) is 0 Å². The summed E-state index contributed by atoms with van der Waals surface area (Å²) in [5, 5.41) is 11.4. The van der Waals surface area contributed by atoms with Crippen LogP contribution in [0.5, 0.6) is 5.75 Å². The molecule has 1 aromatic rings. The van der Waals surface area contributed by atoms with Crippen molar-refractivity contribution in [3.05, 3.63) is 29.6 Å². The van der Waals surface area contributed by atoms with Crippen molar-refractivity contribution in [3.63, 3.8) is 0 Å². The summed E-state index contributed by atoms with van der Waals surface area (Å²) < 4.78 is 54.9. The van der Waals surface area contributed by atoms with E-state index in [1.165, 1.54) is 19.2 Å². The number of benzene rings is 1. The van der Waals surface area contributed by atoms with Crippen molar-refractivity contribution >= 4 is 6.03 Å².